The maximum absolute atomic E-state index is 13.9. The summed E-state index contributed by atoms with van der Waals surface area (Å²) in [6.07, 6.45) is 0.853. The minimum absolute atomic E-state index is 0.0580. The Morgan fingerprint density at radius 1 is 1.02 bits per heavy atom. The molecule has 3 aromatic rings. The summed E-state index contributed by atoms with van der Waals surface area (Å²) in [5, 5.41) is 1.03. The summed E-state index contributed by atoms with van der Waals surface area (Å²) in [6.45, 7) is 4.79. The van der Waals surface area contributed by atoms with Gasteiger partial charge in [-0.15, -0.1) is 11.8 Å². The van der Waals surface area contributed by atoms with Crippen molar-refractivity contribution in [2.45, 2.75) is 36.5 Å². The predicted octanol–water partition coefficient (Wildman–Crippen LogP) is 5.92. The minimum atomic E-state index is -0.335. The van der Waals surface area contributed by atoms with Crippen molar-refractivity contribution in [1.29, 1.82) is 0 Å². The molecule has 2 bridgehead atoms. The van der Waals surface area contributed by atoms with E-state index in [0.29, 0.717) is 29.7 Å². The summed E-state index contributed by atoms with van der Waals surface area (Å²) in [4.78, 5) is 45.7. The van der Waals surface area contributed by atoms with E-state index in [1.165, 1.54) is 16.2 Å². The average Bonchev–Trinajstić information content (AvgIpc) is 3.67. The van der Waals surface area contributed by atoms with Crippen LogP contribution >= 0.6 is 39.0 Å². The summed E-state index contributed by atoms with van der Waals surface area (Å²) >= 11 is 6.40. The molecule has 10 heteroatoms. The first kappa shape index (κ1) is 26.3. The van der Waals surface area contributed by atoms with E-state index in [-0.39, 0.29) is 57.4 Å². The van der Waals surface area contributed by atoms with E-state index >= 15 is 0 Å². The molecule has 2 aliphatic carbocycles. The molecular weight excluding hydrogens is 612 g/mol. The van der Waals surface area contributed by atoms with Gasteiger partial charge in [0.2, 0.25) is 11.8 Å². The summed E-state index contributed by atoms with van der Waals surface area (Å²) in [5.74, 6) is 1.11. The second-order valence-electron chi connectivity index (χ2n) is 11.6. The van der Waals surface area contributed by atoms with E-state index in [2.05, 4.69) is 40.8 Å². The van der Waals surface area contributed by atoms with Crippen molar-refractivity contribution in [3.05, 3.63) is 67.0 Å². The lowest BCUT2D eigenvalue weighted by atomic mass is 9.68. The summed E-state index contributed by atoms with van der Waals surface area (Å²) in [7, 11) is 1.64. The number of fused-ring (bicyclic) bond motifs is 9. The molecule has 3 heterocycles. The Balaban J connectivity index is 1.28. The normalized spacial score (nSPS) is 30.0. The number of aromatic amines is 1. The van der Waals surface area contributed by atoms with E-state index in [9.17, 15) is 14.4 Å². The van der Waals surface area contributed by atoms with Gasteiger partial charge in [-0.1, -0.05) is 47.2 Å². The maximum Gasteiger partial charge on any atom is 0.305 e. The lowest BCUT2D eigenvalue weighted by molar-refractivity contribution is -0.123. The molecule has 0 unspecified atom stereocenters. The third kappa shape index (κ3) is 3.93. The number of benzene rings is 2. The van der Waals surface area contributed by atoms with Gasteiger partial charge in [0.1, 0.15) is 0 Å². The maximum atomic E-state index is 13.9. The lowest BCUT2D eigenvalue weighted by Gasteiger charge is -2.43. The Kier molecular flexibility index (Phi) is 6.44. The number of hydrogen-bond donors (Lipinski definition) is 1. The average molecular weight is 642 g/mol. The topological polar surface area (TPSA) is 88.7 Å². The number of rotatable bonds is 6. The molecule has 7 rings (SSSR count). The number of thioether (sulfide) groups is 1. The van der Waals surface area contributed by atoms with Crippen molar-refractivity contribution in [3.8, 4) is 11.5 Å². The molecule has 1 saturated heterocycles. The zero-order valence-corrected chi connectivity index (χ0v) is 25.5. The van der Waals surface area contributed by atoms with Crippen molar-refractivity contribution in [2.24, 2.45) is 35.5 Å². The number of thiazole rings is 1. The number of carbonyl (C=O) groups excluding carboxylic acids is 2. The Morgan fingerprint density at radius 3 is 2.45 bits per heavy atom. The molecular formula is C30H29BrN2O5S2. The van der Waals surface area contributed by atoms with Crippen LogP contribution in [-0.2, 0) is 9.59 Å². The largest absolute Gasteiger partial charge is 0.493 e. The van der Waals surface area contributed by atoms with Gasteiger partial charge in [-0.05, 0) is 72.1 Å². The number of nitrogens with one attached hydrogen (secondary N) is 1. The third-order valence-electron chi connectivity index (χ3n) is 8.93. The number of hydrogen-bond acceptors (Lipinski definition) is 7. The van der Waals surface area contributed by atoms with Crippen LogP contribution in [0.5, 0.6) is 11.5 Å². The van der Waals surface area contributed by atoms with Gasteiger partial charge in [-0.25, -0.2) is 0 Å². The molecule has 7 atom stereocenters. The zero-order chi connectivity index (χ0) is 27.9. The van der Waals surface area contributed by atoms with E-state index in [1.807, 2.05) is 36.4 Å². The van der Waals surface area contributed by atoms with Gasteiger partial charge in [0.05, 0.1) is 36.3 Å². The van der Waals surface area contributed by atoms with Gasteiger partial charge in [0.25, 0.3) is 0 Å². The molecule has 2 aliphatic heterocycles. The van der Waals surface area contributed by atoms with Crippen LogP contribution < -0.4 is 19.2 Å². The number of H-pyrrole nitrogens is 1. The molecule has 2 amide bonds. The van der Waals surface area contributed by atoms with E-state index in [0.717, 1.165) is 26.4 Å². The lowest BCUT2D eigenvalue weighted by Crippen LogP contribution is -2.42. The summed E-state index contributed by atoms with van der Waals surface area (Å²) in [5.41, 5.74) is 1.68. The Morgan fingerprint density at radius 2 is 1.75 bits per heavy atom. The highest BCUT2D eigenvalue weighted by molar-refractivity contribution is 9.10. The van der Waals surface area contributed by atoms with Crippen LogP contribution in [0.15, 0.2) is 56.8 Å². The number of imide groups is 1. The van der Waals surface area contributed by atoms with Crippen LogP contribution in [0.3, 0.4) is 0 Å². The monoisotopic (exact) mass is 640 g/mol. The first-order valence-electron chi connectivity index (χ1n) is 13.6. The smallest absolute Gasteiger partial charge is 0.305 e. The predicted molar refractivity (Wildman–Crippen MR) is 158 cm³/mol. The van der Waals surface area contributed by atoms with Gasteiger partial charge in [0.15, 0.2) is 11.5 Å². The third-order valence-corrected chi connectivity index (χ3v) is 12.0. The fraction of sp³-hybridized carbons (Fsp3) is 0.433. The SMILES string of the molecule is COc1cc([C@@H]2c3sc(=O)[nH]c3S[C@@H]3[C@@H]4C[C@@H]([C@@H]5C(=O)N(c6ccc(Br)cc6)C(=O)[C@@H]45)[C@@H]23)ccc1OCC(C)C. The Hall–Kier alpha value is -2.56. The van der Waals surface area contributed by atoms with Gasteiger partial charge in [-0.2, -0.15) is 0 Å². The Labute approximate surface area is 248 Å². The fourth-order valence-corrected chi connectivity index (χ4v) is 10.6. The number of aromatic nitrogens is 1. The first-order chi connectivity index (χ1) is 19.3. The van der Waals surface area contributed by atoms with Crippen molar-refractivity contribution < 1.29 is 19.1 Å². The van der Waals surface area contributed by atoms with Crippen LogP contribution in [0, 0.1) is 35.5 Å². The molecule has 2 aromatic carbocycles. The second kappa shape index (κ2) is 9.77. The van der Waals surface area contributed by atoms with Gasteiger partial charge >= 0.3 is 4.87 Å². The molecule has 7 nitrogen and oxygen atoms in total. The Bertz CT molecular complexity index is 1570. The molecule has 40 heavy (non-hydrogen) atoms. The van der Waals surface area contributed by atoms with E-state index < -0.39 is 0 Å². The van der Waals surface area contributed by atoms with Crippen LogP contribution in [0.2, 0.25) is 0 Å². The highest BCUT2D eigenvalue weighted by atomic mass is 79.9. The van der Waals surface area contributed by atoms with Gasteiger partial charge in [-0.3, -0.25) is 19.3 Å². The highest BCUT2D eigenvalue weighted by Gasteiger charge is 2.69. The summed E-state index contributed by atoms with van der Waals surface area (Å²) in [6, 6.07) is 13.4. The molecule has 0 spiro atoms. The molecule has 3 fully saturated rings. The molecule has 0 radical (unpaired) electrons. The zero-order valence-electron chi connectivity index (χ0n) is 22.3. The molecule has 1 aromatic heterocycles. The van der Waals surface area contributed by atoms with Crippen molar-refractivity contribution in [1.82, 2.24) is 4.98 Å². The number of nitrogens with zero attached hydrogens (tertiary/aromatic N) is 1. The van der Waals surface area contributed by atoms with Gasteiger partial charge < -0.3 is 14.5 Å². The quantitative estimate of drug-likeness (QED) is 0.337. The van der Waals surface area contributed by atoms with Crippen molar-refractivity contribution in [2.75, 3.05) is 18.6 Å². The number of carbonyl (C=O) groups is 2. The van der Waals surface area contributed by atoms with Crippen molar-refractivity contribution in [3.63, 3.8) is 0 Å². The highest BCUT2D eigenvalue weighted by Crippen LogP contribution is 2.68. The van der Waals surface area contributed by atoms with Crippen LogP contribution in [0.4, 0.5) is 5.69 Å². The first-order valence-corrected chi connectivity index (χ1v) is 16.1. The van der Waals surface area contributed by atoms with E-state index in [1.54, 1.807) is 18.9 Å². The standard InChI is InChI=1S/C30H29BrN2O5S2/c1-13(2)12-38-19-9-4-14(10-20(19)37-3)21-22-17-11-18(25(22)39-27-26(21)40-30(36)32-27)24-23(17)28(34)33(29(24)35)16-7-5-15(31)6-8-16/h4-10,13,17-18,21-25H,11-12H2,1-3H3,(H,32,36)/t17-,18-,21+,22+,23+,24+,25-/m1/s1. The van der Waals surface area contributed by atoms with Crippen molar-refractivity contribution >= 4 is 56.5 Å². The number of ether oxygens (including phenoxy) is 2. The van der Waals surface area contributed by atoms with Crippen LogP contribution in [0.25, 0.3) is 0 Å². The second-order valence-corrected chi connectivity index (χ2v) is 14.7. The fourth-order valence-electron chi connectivity index (χ4n) is 7.49. The van der Waals surface area contributed by atoms with Gasteiger partial charge in [0, 0.05) is 20.5 Å². The minimum Gasteiger partial charge on any atom is -0.493 e. The number of methoxy groups -OCH3 is 1. The number of amides is 2. The molecule has 2 saturated carbocycles. The number of halogens is 1. The van der Waals surface area contributed by atoms with Crippen LogP contribution in [-0.4, -0.2) is 35.8 Å². The molecule has 208 valence electrons. The van der Waals surface area contributed by atoms with Crippen LogP contribution in [0.1, 0.15) is 36.6 Å². The molecule has 4 aliphatic rings. The summed E-state index contributed by atoms with van der Waals surface area (Å²) < 4.78 is 12.7. The number of anilines is 1. The van der Waals surface area contributed by atoms with E-state index in [4.69, 9.17) is 9.47 Å². The molecule has 1 N–H and O–H groups in total.